The van der Waals surface area contributed by atoms with Gasteiger partial charge in [0.25, 0.3) is 0 Å². The number of hydrogen-bond donors (Lipinski definition) is 1. The Bertz CT molecular complexity index is 632. The van der Waals surface area contributed by atoms with Gasteiger partial charge in [0.1, 0.15) is 11.5 Å². The Hall–Kier alpha value is -1.22. The fourth-order valence-corrected chi connectivity index (χ4v) is 2.92. The van der Waals surface area contributed by atoms with E-state index in [1.54, 1.807) is 0 Å². The molecule has 1 atom stereocenters. The highest BCUT2D eigenvalue weighted by Gasteiger charge is 2.11. The molecule has 0 radical (unpaired) electrons. The second-order valence-corrected chi connectivity index (χ2v) is 6.01. The molecule has 112 valence electrons. The van der Waals surface area contributed by atoms with Gasteiger partial charge in [-0.15, -0.1) is 0 Å². The molecule has 2 rings (SSSR count). The first-order valence-electron chi connectivity index (χ1n) is 6.83. The molecular formula is C17H19Cl2NO. The van der Waals surface area contributed by atoms with E-state index in [1.807, 2.05) is 51.2 Å². The predicted molar refractivity (Wildman–Crippen MR) is 89.9 cm³/mol. The van der Waals surface area contributed by atoms with Gasteiger partial charge in [-0.1, -0.05) is 29.3 Å². The van der Waals surface area contributed by atoms with Gasteiger partial charge in [-0.2, -0.15) is 0 Å². The van der Waals surface area contributed by atoms with E-state index in [4.69, 9.17) is 27.9 Å². The van der Waals surface area contributed by atoms with Crippen LogP contribution in [0.25, 0.3) is 0 Å². The highest BCUT2D eigenvalue weighted by Crippen LogP contribution is 2.34. The summed E-state index contributed by atoms with van der Waals surface area (Å²) in [5.74, 6) is 1.55. The molecule has 2 aromatic carbocycles. The lowest BCUT2D eigenvalue weighted by Crippen LogP contribution is -2.12. The number of hydrogen-bond acceptors (Lipinski definition) is 2. The van der Waals surface area contributed by atoms with Crippen molar-refractivity contribution in [2.45, 2.75) is 26.8 Å². The van der Waals surface area contributed by atoms with E-state index in [-0.39, 0.29) is 6.04 Å². The fourth-order valence-electron chi connectivity index (χ4n) is 2.25. The average molecular weight is 324 g/mol. The summed E-state index contributed by atoms with van der Waals surface area (Å²) in [6.07, 6.45) is 0. The summed E-state index contributed by atoms with van der Waals surface area (Å²) in [4.78, 5) is 0. The molecule has 21 heavy (non-hydrogen) atoms. The lowest BCUT2D eigenvalue weighted by molar-refractivity contribution is 0.474. The standard InChI is InChI=1S/C17H19Cl2NO/c1-10-7-13(18)8-11(2)17(10)21-14-5-6-15(12(3)20-4)16(19)9-14/h5-9,12,20H,1-4H3. The van der Waals surface area contributed by atoms with E-state index < -0.39 is 0 Å². The van der Waals surface area contributed by atoms with Crippen molar-refractivity contribution in [2.24, 2.45) is 0 Å². The fraction of sp³-hybridized carbons (Fsp3) is 0.294. The van der Waals surface area contributed by atoms with Crippen molar-refractivity contribution in [1.29, 1.82) is 0 Å². The van der Waals surface area contributed by atoms with Crippen LogP contribution in [-0.2, 0) is 0 Å². The Balaban J connectivity index is 2.31. The van der Waals surface area contributed by atoms with Crippen LogP contribution >= 0.6 is 23.2 Å². The molecular weight excluding hydrogens is 305 g/mol. The topological polar surface area (TPSA) is 21.3 Å². The summed E-state index contributed by atoms with van der Waals surface area (Å²) in [5, 5.41) is 4.59. The van der Waals surface area contributed by atoms with Crippen molar-refractivity contribution in [3.8, 4) is 11.5 Å². The molecule has 2 nitrogen and oxygen atoms in total. The number of aryl methyl sites for hydroxylation is 2. The summed E-state index contributed by atoms with van der Waals surface area (Å²) >= 11 is 12.4. The highest BCUT2D eigenvalue weighted by atomic mass is 35.5. The highest BCUT2D eigenvalue weighted by molar-refractivity contribution is 6.31. The Morgan fingerprint density at radius 2 is 1.67 bits per heavy atom. The minimum atomic E-state index is 0.200. The quantitative estimate of drug-likeness (QED) is 0.781. The molecule has 0 fully saturated rings. The van der Waals surface area contributed by atoms with E-state index in [1.165, 1.54) is 0 Å². The monoisotopic (exact) mass is 323 g/mol. The second-order valence-electron chi connectivity index (χ2n) is 5.16. The maximum atomic E-state index is 6.33. The maximum absolute atomic E-state index is 6.33. The molecule has 0 aliphatic heterocycles. The zero-order chi connectivity index (χ0) is 15.6. The van der Waals surface area contributed by atoms with Gasteiger partial charge < -0.3 is 10.1 Å². The largest absolute Gasteiger partial charge is 0.457 e. The van der Waals surface area contributed by atoms with Gasteiger partial charge in [0, 0.05) is 16.1 Å². The molecule has 0 spiro atoms. The van der Waals surface area contributed by atoms with Crippen LogP contribution in [0, 0.1) is 13.8 Å². The second kappa shape index (κ2) is 6.69. The Kier molecular flexibility index (Phi) is 5.15. The molecule has 2 aromatic rings. The van der Waals surface area contributed by atoms with Crippen molar-refractivity contribution in [1.82, 2.24) is 5.32 Å². The van der Waals surface area contributed by atoms with Crippen molar-refractivity contribution in [3.63, 3.8) is 0 Å². The summed E-state index contributed by atoms with van der Waals surface area (Å²) in [7, 11) is 1.91. The zero-order valence-corrected chi connectivity index (χ0v) is 14.1. The molecule has 1 N–H and O–H groups in total. The molecule has 1 unspecified atom stereocenters. The molecule has 4 heteroatoms. The van der Waals surface area contributed by atoms with Gasteiger partial charge in [-0.05, 0) is 68.8 Å². The molecule has 0 heterocycles. The third kappa shape index (κ3) is 3.70. The van der Waals surface area contributed by atoms with E-state index in [0.717, 1.165) is 28.2 Å². The first-order chi connectivity index (χ1) is 9.92. The molecule has 0 bridgehead atoms. The van der Waals surface area contributed by atoms with E-state index in [2.05, 4.69) is 12.2 Å². The van der Waals surface area contributed by atoms with E-state index in [0.29, 0.717) is 10.0 Å². The summed E-state index contributed by atoms with van der Waals surface area (Å²) in [6.45, 7) is 6.02. The summed E-state index contributed by atoms with van der Waals surface area (Å²) in [5.41, 5.74) is 3.06. The molecule has 0 aromatic heterocycles. The SMILES string of the molecule is CNC(C)c1ccc(Oc2c(C)cc(Cl)cc2C)cc1Cl. The minimum absolute atomic E-state index is 0.200. The normalized spacial score (nSPS) is 12.3. The van der Waals surface area contributed by atoms with Gasteiger partial charge in [0.05, 0.1) is 0 Å². The molecule has 0 amide bonds. The van der Waals surface area contributed by atoms with Crippen molar-refractivity contribution >= 4 is 23.2 Å². The van der Waals surface area contributed by atoms with Gasteiger partial charge in [-0.25, -0.2) is 0 Å². The van der Waals surface area contributed by atoms with Gasteiger partial charge >= 0.3 is 0 Å². The van der Waals surface area contributed by atoms with Crippen LogP contribution in [0.3, 0.4) is 0 Å². The van der Waals surface area contributed by atoms with Crippen LogP contribution in [0.1, 0.15) is 29.7 Å². The number of benzene rings is 2. The van der Waals surface area contributed by atoms with Crippen LogP contribution in [0.15, 0.2) is 30.3 Å². The van der Waals surface area contributed by atoms with Crippen molar-refractivity contribution in [3.05, 3.63) is 57.1 Å². The third-order valence-electron chi connectivity index (χ3n) is 3.52. The van der Waals surface area contributed by atoms with Crippen LogP contribution < -0.4 is 10.1 Å². The van der Waals surface area contributed by atoms with E-state index >= 15 is 0 Å². The number of ether oxygens (including phenoxy) is 1. The molecule has 0 saturated carbocycles. The van der Waals surface area contributed by atoms with Crippen molar-refractivity contribution < 1.29 is 4.74 Å². The van der Waals surface area contributed by atoms with Crippen molar-refractivity contribution in [2.75, 3.05) is 7.05 Å². The number of rotatable bonds is 4. The minimum Gasteiger partial charge on any atom is -0.457 e. The Labute approximate surface area is 136 Å². The summed E-state index contributed by atoms with van der Waals surface area (Å²) < 4.78 is 5.98. The van der Waals surface area contributed by atoms with Crippen LogP contribution in [0.4, 0.5) is 0 Å². The maximum Gasteiger partial charge on any atom is 0.133 e. The van der Waals surface area contributed by atoms with E-state index in [9.17, 15) is 0 Å². The lowest BCUT2D eigenvalue weighted by Gasteiger charge is -2.16. The molecule has 0 saturated heterocycles. The number of nitrogens with one attached hydrogen (secondary N) is 1. The third-order valence-corrected chi connectivity index (χ3v) is 4.06. The number of halogens is 2. The molecule has 0 aliphatic rings. The average Bonchev–Trinajstić information content (AvgIpc) is 2.42. The first-order valence-corrected chi connectivity index (χ1v) is 7.59. The lowest BCUT2D eigenvalue weighted by atomic mass is 10.1. The van der Waals surface area contributed by atoms with Crippen LogP contribution in [-0.4, -0.2) is 7.05 Å². The van der Waals surface area contributed by atoms with Gasteiger partial charge in [0.2, 0.25) is 0 Å². The van der Waals surface area contributed by atoms with Gasteiger partial charge in [-0.3, -0.25) is 0 Å². The summed E-state index contributed by atoms with van der Waals surface area (Å²) in [6, 6.07) is 9.75. The van der Waals surface area contributed by atoms with Crippen LogP contribution in [0.2, 0.25) is 10.0 Å². The Morgan fingerprint density at radius 3 is 2.19 bits per heavy atom. The first kappa shape index (κ1) is 16.2. The Morgan fingerprint density at radius 1 is 1.05 bits per heavy atom. The zero-order valence-electron chi connectivity index (χ0n) is 12.6. The van der Waals surface area contributed by atoms with Gasteiger partial charge in [0.15, 0.2) is 0 Å². The molecule has 0 aliphatic carbocycles. The van der Waals surface area contributed by atoms with Crippen LogP contribution in [0.5, 0.6) is 11.5 Å². The smallest absolute Gasteiger partial charge is 0.133 e. The predicted octanol–water partition coefficient (Wildman–Crippen LogP) is 5.68.